The van der Waals surface area contributed by atoms with Crippen LogP contribution in [0.4, 0.5) is 0 Å². The molecule has 3 heterocycles. The fraction of sp³-hybridized carbons (Fsp3) is 0.500. The van der Waals surface area contributed by atoms with Gasteiger partial charge >= 0.3 is 11.9 Å². The van der Waals surface area contributed by atoms with Crippen molar-refractivity contribution in [1.29, 1.82) is 0 Å². The molecule has 0 bridgehead atoms. The highest BCUT2D eigenvalue weighted by Crippen LogP contribution is 2.47. The second-order valence-electron chi connectivity index (χ2n) is 9.30. The number of piperidine rings is 1. The van der Waals surface area contributed by atoms with Crippen LogP contribution in [-0.2, 0) is 23.9 Å². The molecule has 0 saturated carbocycles. The van der Waals surface area contributed by atoms with E-state index in [1.165, 1.54) is 18.9 Å². The number of rotatable bonds is 9. The molecule has 1 aromatic rings. The van der Waals surface area contributed by atoms with Gasteiger partial charge in [0.2, 0.25) is 5.91 Å². The number of thioether (sulfide) groups is 1. The number of methoxy groups -OCH3 is 3. The van der Waals surface area contributed by atoms with Crippen LogP contribution in [0.25, 0.3) is 0 Å². The quantitative estimate of drug-likeness (QED) is 0.416. The minimum atomic E-state index is -0.566. The molecule has 0 aliphatic carbocycles. The first-order valence-corrected chi connectivity index (χ1v) is 14.0. The van der Waals surface area contributed by atoms with Crippen LogP contribution in [0, 0.1) is 5.92 Å². The number of ether oxygens (including phenoxy) is 4. The number of amides is 1. The van der Waals surface area contributed by atoms with E-state index in [9.17, 15) is 14.4 Å². The molecule has 3 aliphatic heterocycles. The summed E-state index contributed by atoms with van der Waals surface area (Å²) in [7, 11) is 4.48. The molecule has 0 radical (unpaired) electrons. The van der Waals surface area contributed by atoms with Crippen molar-refractivity contribution in [3.05, 3.63) is 46.1 Å². The Labute approximate surface area is 233 Å². The zero-order valence-corrected chi connectivity index (χ0v) is 23.8. The lowest BCUT2D eigenvalue weighted by molar-refractivity contribution is -0.151. The number of allylic oxidation sites excluding steroid dienone is 1. The summed E-state index contributed by atoms with van der Waals surface area (Å²) in [6.07, 6.45) is 1.84. The van der Waals surface area contributed by atoms with Gasteiger partial charge in [0.05, 0.1) is 57.6 Å². The maximum atomic E-state index is 13.4. The highest BCUT2D eigenvalue weighted by molar-refractivity contribution is 8.16. The van der Waals surface area contributed by atoms with Crippen LogP contribution < -0.4 is 9.47 Å². The van der Waals surface area contributed by atoms with Gasteiger partial charge in [-0.3, -0.25) is 9.59 Å². The summed E-state index contributed by atoms with van der Waals surface area (Å²) in [5.74, 6) is 0.211. The number of esters is 2. The van der Waals surface area contributed by atoms with Crippen molar-refractivity contribution in [2.75, 3.05) is 41.0 Å². The van der Waals surface area contributed by atoms with Crippen LogP contribution >= 0.6 is 11.8 Å². The zero-order valence-electron chi connectivity index (χ0n) is 23.0. The van der Waals surface area contributed by atoms with Gasteiger partial charge in [0.1, 0.15) is 0 Å². The van der Waals surface area contributed by atoms with E-state index in [1.54, 1.807) is 32.1 Å². The van der Waals surface area contributed by atoms with Crippen molar-refractivity contribution in [3.8, 4) is 11.5 Å². The molecule has 1 amide bonds. The summed E-state index contributed by atoms with van der Waals surface area (Å²) in [5.41, 5.74) is 2.59. The summed E-state index contributed by atoms with van der Waals surface area (Å²) in [6.45, 7) is 5.08. The standard InChI is InChI=1S/C28H35N3O7S/c1-6-20-24(27(34)37-5)25(18-8-9-21(35-3)22(14-18)36-4)31-19(16-39-28(31)29-20)15-23(32)30-12-10-17(11-13-30)26(33)38-7-2/h8-9,14,16-17,25H,6-7,10-13,15H2,1-5H3/t25-/m1/s1. The molecule has 11 heteroatoms. The average molecular weight is 558 g/mol. The van der Waals surface area contributed by atoms with Gasteiger partial charge in [0, 0.05) is 18.8 Å². The normalized spacial score (nSPS) is 19.3. The predicted molar refractivity (Wildman–Crippen MR) is 147 cm³/mol. The first-order valence-electron chi connectivity index (χ1n) is 13.1. The summed E-state index contributed by atoms with van der Waals surface area (Å²) in [5, 5.41) is 2.62. The van der Waals surface area contributed by atoms with Gasteiger partial charge < -0.3 is 28.7 Å². The van der Waals surface area contributed by atoms with Crippen LogP contribution in [0.1, 0.15) is 51.1 Å². The zero-order chi connectivity index (χ0) is 28.1. The van der Waals surface area contributed by atoms with Crippen molar-refractivity contribution in [2.45, 2.75) is 45.6 Å². The van der Waals surface area contributed by atoms with Gasteiger partial charge in [-0.2, -0.15) is 0 Å². The van der Waals surface area contributed by atoms with E-state index in [0.717, 1.165) is 11.3 Å². The van der Waals surface area contributed by atoms with E-state index in [4.69, 9.17) is 23.9 Å². The van der Waals surface area contributed by atoms with Crippen LogP contribution in [0.3, 0.4) is 0 Å². The molecule has 1 aromatic carbocycles. The Morgan fingerprint density at radius 3 is 2.38 bits per heavy atom. The van der Waals surface area contributed by atoms with E-state index in [-0.39, 0.29) is 24.2 Å². The van der Waals surface area contributed by atoms with Crippen molar-refractivity contribution in [1.82, 2.24) is 9.80 Å². The fourth-order valence-electron chi connectivity index (χ4n) is 5.14. The van der Waals surface area contributed by atoms with Gasteiger partial charge in [-0.1, -0.05) is 24.8 Å². The number of fused-ring (bicyclic) bond motifs is 1. The minimum absolute atomic E-state index is 0.0404. The molecule has 210 valence electrons. The topological polar surface area (TPSA) is 107 Å². The van der Waals surface area contributed by atoms with Gasteiger partial charge in [0.25, 0.3) is 0 Å². The van der Waals surface area contributed by atoms with E-state index < -0.39 is 12.0 Å². The van der Waals surface area contributed by atoms with Crippen LogP contribution in [-0.4, -0.2) is 73.8 Å². The first kappa shape index (κ1) is 28.5. The predicted octanol–water partition coefficient (Wildman–Crippen LogP) is 4.03. The number of amidine groups is 1. The van der Waals surface area contributed by atoms with E-state index in [0.29, 0.717) is 66.9 Å². The average Bonchev–Trinajstić information content (AvgIpc) is 3.37. The Hall–Kier alpha value is -3.47. The molecule has 1 atom stereocenters. The fourth-order valence-corrected chi connectivity index (χ4v) is 6.08. The lowest BCUT2D eigenvalue weighted by Crippen LogP contribution is -2.42. The number of benzene rings is 1. The molecule has 0 unspecified atom stereocenters. The lowest BCUT2D eigenvalue weighted by atomic mass is 9.92. The largest absolute Gasteiger partial charge is 0.493 e. The highest BCUT2D eigenvalue weighted by Gasteiger charge is 2.42. The number of carbonyl (C=O) groups is 3. The lowest BCUT2D eigenvalue weighted by Gasteiger charge is -2.37. The summed E-state index contributed by atoms with van der Waals surface area (Å²) in [6, 6.07) is 4.95. The molecule has 0 spiro atoms. The second kappa shape index (κ2) is 12.6. The summed E-state index contributed by atoms with van der Waals surface area (Å²) >= 11 is 1.43. The van der Waals surface area contributed by atoms with Crippen LogP contribution in [0.2, 0.25) is 0 Å². The minimum Gasteiger partial charge on any atom is -0.493 e. The Morgan fingerprint density at radius 1 is 1.05 bits per heavy atom. The van der Waals surface area contributed by atoms with Crippen molar-refractivity contribution >= 4 is 34.8 Å². The van der Waals surface area contributed by atoms with Crippen LogP contribution in [0.5, 0.6) is 11.5 Å². The number of hydrogen-bond donors (Lipinski definition) is 0. The third kappa shape index (κ3) is 5.78. The molecule has 4 rings (SSSR count). The Bertz CT molecular complexity index is 1220. The Morgan fingerprint density at radius 2 is 1.77 bits per heavy atom. The maximum absolute atomic E-state index is 13.4. The van der Waals surface area contributed by atoms with Crippen LogP contribution in [0.15, 0.2) is 45.6 Å². The molecule has 1 fully saturated rings. The molecule has 10 nitrogen and oxygen atoms in total. The first-order chi connectivity index (χ1) is 18.9. The Balaban J connectivity index is 1.62. The molecule has 1 saturated heterocycles. The van der Waals surface area contributed by atoms with Gasteiger partial charge in [-0.25, -0.2) is 9.79 Å². The van der Waals surface area contributed by atoms with E-state index >= 15 is 0 Å². The van der Waals surface area contributed by atoms with E-state index in [2.05, 4.69) is 0 Å². The highest BCUT2D eigenvalue weighted by atomic mass is 32.2. The molecule has 3 aliphatic rings. The number of nitrogens with zero attached hydrogens (tertiary/aromatic N) is 3. The Kier molecular flexibility index (Phi) is 9.21. The summed E-state index contributed by atoms with van der Waals surface area (Å²) in [4.78, 5) is 47.2. The van der Waals surface area contributed by atoms with Crippen molar-refractivity contribution in [3.63, 3.8) is 0 Å². The molecule has 0 aromatic heterocycles. The SMILES string of the molecule is CCOC(=O)C1CCN(C(=O)CC2=CSC3=NC(CC)=C(C(=O)OC)[C@@H](c4ccc(OC)c(OC)c4)N23)CC1. The molecule has 0 N–H and O–H groups in total. The van der Waals surface area contributed by atoms with Crippen molar-refractivity contribution in [2.24, 2.45) is 10.9 Å². The van der Waals surface area contributed by atoms with E-state index in [1.807, 2.05) is 29.4 Å². The molecular formula is C28H35N3O7S. The maximum Gasteiger partial charge on any atom is 0.338 e. The smallest absolute Gasteiger partial charge is 0.338 e. The number of likely N-dealkylation sites (tertiary alicyclic amines) is 1. The van der Waals surface area contributed by atoms with Crippen molar-refractivity contribution < 1.29 is 33.3 Å². The number of hydrogen-bond acceptors (Lipinski definition) is 10. The van der Waals surface area contributed by atoms with Gasteiger partial charge in [-0.15, -0.1) is 0 Å². The third-order valence-corrected chi connectivity index (χ3v) is 8.04. The number of carbonyl (C=O) groups excluding carboxylic acids is 3. The monoisotopic (exact) mass is 557 g/mol. The van der Waals surface area contributed by atoms with Gasteiger partial charge in [-0.05, 0) is 49.3 Å². The third-order valence-electron chi connectivity index (χ3n) is 7.15. The summed E-state index contributed by atoms with van der Waals surface area (Å²) < 4.78 is 21.3. The van der Waals surface area contributed by atoms with Gasteiger partial charge in [0.15, 0.2) is 16.7 Å². The molecular weight excluding hydrogens is 522 g/mol. The molecule has 39 heavy (non-hydrogen) atoms. The number of aliphatic imine (C=N–C) groups is 1. The second-order valence-corrected chi connectivity index (χ2v) is 10.1.